The number of fused-ring (bicyclic) bond motifs is 1. The molecule has 21 heavy (non-hydrogen) atoms. The molecule has 1 heterocycles. The lowest BCUT2D eigenvalue weighted by atomic mass is 10.0. The first-order valence-corrected chi connectivity index (χ1v) is 7.06. The van der Waals surface area contributed by atoms with E-state index in [1.54, 1.807) is 16.8 Å². The third-order valence-electron chi connectivity index (χ3n) is 3.61. The van der Waals surface area contributed by atoms with Crippen molar-refractivity contribution in [3.05, 3.63) is 64.6 Å². The monoisotopic (exact) mass is 303 g/mol. The van der Waals surface area contributed by atoms with Crippen LogP contribution in [0.2, 0.25) is 5.02 Å². The van der Waals surface area contributed by atoms with Gasteiger partial charge in [0.25, 0.3) is 0 Å². The molecule has 0 aliphatic heterocycles. The molecule has 3 nitrogen and oxygen atoms in total. The maximum absolute atomic E-state index is 14.0. The summed E-state index contributed by atoms with van der Waals surface area (Å²) >= 11 is 5.81. The van der Waals surface area contributed by atoms with Crippen LogP contribution < -0.4 is 5.73 Å². The highest BCUT2D eigenvalue weighted by atomic mass is 35.5. The van der Waals surface area contributed by atoms with E-state index in [1.165, 1.54) is 6.07 Å². The molecular weight excluding hydrogens is 289 g/mol. The lowest BCUT2D eigenvalue weighted by molar-refractivity contribution is 0.587. The van der Waals surface area contributed by atoms with Gasteiger partial charge in [-0.05, 0) is 24.1 Å². The van der Waals surface area contributed by atoms with Crippen LogP contribution in [0.25, 0.3) is 10.9 Å². The number of para-hydroxylation sites is 1. The average molecular weight is 304 g/mol. The molecular formula is C16H15ClFN3. The van der Waals surface area contributed by atoms with Crippen LogP contribution in [0.4, 0.5) is 4.39 Å². The van der Waals surface area contributed by atoms with Crippen molar-refractivity contribution in [2.45, 2.75) is 12.5 Å². The van der Waals surface area contributed by atoms with Crippen molar-refractivity contribution in [2.24, 2.45) is 12.8 Å². The molecule has 1 atom stereocenters. The highest BCUT2D eigenvalue weighted by molar-refractivity contribution is 6.30. The van der Waals surface area contributed by atoms with Crippen molar-refractivity contribution < 1.29 is 4.39 Å². The smallest absolute Gasteiger partial charge is 0.145 e. The van der Waals surface area contributed by atoms with E-state index in [-0.39, 0.29) is 11.1 Å². The molecule has 0 amide bonds. The second kappa shape index (κ2) is 5.47. The predicted molar refractivity (Wildman–Crippen MR) is 82.8 cm³/mol. The van der Waals surface area contributed by atoms with Gasteiger partial charge in [0.15, 0.2) is 0 Å². The third kappa shape index (κ3) is 2.52. The minimum atomic E-state index is -0.408. The summed E-state index contributed by atoms with van der Waals surface area (Å²) in [6.45, 7) is 0. The number of benzene rings is 2. The molecule has 1 aromatic heterocycles. The Morgan fingerprint density at radius 2 is 2.00 bits per heavy atom. The molecule has 0 saturated heterocycles. The maximum atomic E-state index is 14.0. The van der Waals surface area contributed by atoms with Gasteiger partial charge < -0.3 is 5.73 Å². The Bertz CT molecular complexity index is 797. The molecule has 108 valence electrons. The van der Waals surface area contributed by atoms with Crippen molar-refractivity contribution in [1.82, 2.24) is 9.78 Å². The van der Waals surface area contributed by atoms with Crippen molar-refractivity contribution in [3.63, 3.8) is 0 Å². The first kappa shape index (κ1) is 14.0. The zero-order chi connectivity index (χ0) is 15.0. The lowest BCUT2D eigenvalue weighted by Gasteiger charge is -2.11. The van der Waals surface area contributed by atoms with Crippen molar-refractivity contribution in [1.29, 1.82) is 0 Å². The number of hydrogen-bond donors (Lipinski definition) is 1. The van der Waals surface area contributed by atoms with E-state index < -0.39 is 5.82 Å². The van der Waals surface area contributed by atoms with Crippen LogP contribution in [-0.4, -0.2) is 9.78 Å². The number of hydrogen-bond acceptors (Lipinski definition) is 2. The van der Waals surface area contributed by atoms with Gasteiger partial charge in [0.05, 0.1) is 22.3 Å². The Balaban J connectivity index is 1.98. The second-order valence-electron chi connectivity index (χ2n) is 5.05. The molecule has 0 fully saturated rings. The fraction of sp³-hybridized carbons (Fsp3) is 0.188. The van der Waals surface area contributed by atoms with Crippen LogP contribution in [0.15, 0.2) is 42.5 Å². The van der Waals surface area contributed by atoms with Gasteiger partial charge in [0.1, 0.15) is 5.82 Å². The summed E-state index contributed by atoms with van der Waals surface area (Å²) in [6.07, 6.45) is 0.355. The summed E-state index contributed by atoms with van der Waals surface area (Å²) < 4.78 is 15.8. The first-order valence-electron chi connectivity index (χ1n) is 6.68. The van der Waals surface area contributed by atoms with Gasteiger partial charge in [-0.15, -0.1) is 0 Å². The minimum absolute atomic E-state index is 0.116. The number of nitrogens with zero attached hydrogens (tertiary/aromatic N) is 2. The predicted octanol–water partition coefficient (Wildman–Crippen LogP) is 3.61. The van der Waals surface area contributed by atoms with Crippen LogP contribution >= 0.6 is 11.6 Å². The average Bonchev–Trinajstić information content (AvgIpc) is 2.82. The normalized spacial score (nSPS) is 12.8. The largest absolute Gasteiger partial charge is 0.322 e. The van der Waals surface area contributed by atoms with Crippen molar-refractivity contribution in [2.75, 3.05) is 0 Å². The number of aryl methyl sites for hydroxylation is 1. The Morgan fingerprint density at radius 1 is 1.24 bits per heavy atom. The van der Waals surface area contributed by atoms with E-state index >= 15 is 0 Å². The molecule has 0 aliphatic carbocycles. The van der Waals surface area contributed by atoms with E-state index in [2.05, 4.69) is 5.10 Å². The van der Waals surface area contributed by atoms with E-state index in [1.807, 2.05) is 31.3 Å². The Kier molecular flexibility index (Phi) is 3.66. The second-order valence-corrected chi connectivity index (χ2v) is 5.46. The fourth-order valence-electron chi connectivity index (χ4n) is 2.56. The summed E-state index contributed by atoms with van der Waals surface area (Å²) in [6, 6.07) is 12.4. The van der Waals surface area contributed by atoms with E-state index in [4.69, 9.17) is 17.3 Å². The van der Waals surface area contributed by atoms with E-state index in [0.717, 1.165) is 16.6 Å². The molecule has 1 unspecified atom stereocenters. The molecule has 0 spiro atoms. The van der Waals surface area contributed by atoms with Gasteiger partial charge in [-0.2, -0.15) is 5.10 Å². The minimum Gasteiger partial charge on any atom is -0.322 e. The highest BCUT2D eigenvalue weighted by Gasteiger charge is 2.18. The number of aromatic nitrogens is 2. The van der Waals surface area contributed by atoms with Crippen LogP contribution in [0, 0.1) is 5.82 Å². The Labute approximate surface area is 127 Å². The maximum Gasteiger partial charge on any atom is 0.145 e. The van der Waals surface area contributed by atoms with Crippen molar-refractivity contribution >= 4 is 22.5 Å². The van der Waals surface area contributed by atoms with Gasteiger partial charge >= 0.3 is 0 Å². The summed E-state index contributed by atoms with van der Waals surface area (Å²) in [7, 11) is 1.87. The van der Waals surface area contributed by atoms with E-state index in [9.17, 15) is 4.39 Å². The zero-order valence-corrected chi connectivity index (χ0v) is 12.3. The third-order valence-corrected chi connectivity index (χ3v) is 3.90. The molecule has 0 bridgehead atoms. The molecule has 2 aromatic carbocycles. The summed E-state index contributed by atoms with van der Waals surface area (Å²) in [5, 5.41) is 5.59. The topological polar surface area (TPSA) is 43.8 Å². The highest BCUT2D eigenvalue weighted by Crippen LogP contribution is 2.26. The molecule has 3 rings (SSSR count). The molecule has 3 aromatic rings. The SMILES string of the molecule is Cn1nc(C(N)Cc2cccc(Cl)c2F)c2ccccc21. The summed E-state index contributed by atoms with van der Waals surface area (Å²) in [5.41, 5.74) is 8.52. The van der Waals surface area contributed by atoms with Crippen molar-refractivity contribution in [3.8, 4) is 0 Å². The first-order chi connectivity index (χ1) is 10.1. The van der Waals surface area contributed by atoms with Gasteiger partial charge in [-0.3, -0.25) is 4.68 Å². The molecule has 0 aliphatic rings. The quantitative estimate of drug-likeness (QED) is 0.803. The number of rotatable bonds is 3. The number of nitrogens with two attached hydrogens (primary N) is 1. The molecule has 5 heteroatoms. The Morgan fingerprint density at radius 3 is 2.81 bits per heavy atom. The lowest BCUT2D eigenvalue weighted by Crippen LogP contribution is -2.15. The Hall–Kier alpha value is -1.91. The molecule has 0 radical (unpaired) electrons. The van der Waals surface area contributed by atoms with Gasteiger partial charge in [0.2, 0.25) is 0 Å². The fourth-order valence-corrected chi connectivity index (χ4v) is 2.75. The molecule has 2 N–H and O–H groups in total. The number of halogens is 2. The summed E-state index contributed by atoms with van der Waals surface area (Å²) in [4.78, 5) is 0. The van der Waals surface area contributed by atoms with Crippen LogP contribution in [0.1, 0.15) is 17.3 Å². The van der Waals surface area contributed by atoms with Crippen LogP contribution in [-0.2, 0) is 13.5 Å². The summed E-state index contributed by atoms with van der Waals surface area (Å²) in [5.74, 6) is -0.408. The van der Waals surface area contributed by atoms with Gasteiger partial charge in [-0.25, -0.2) is 4.39 Å². The van der Waals surface area contributed by atoms with Crippen LogP contribution in [0.5, 0.6) is 0 Å². The van der Waals surface area contributed by atoms with E-state index in [0.29, 0.717) is 12.0 Å². The van der Waals surface area contributed by atoms with Gasteiger partial charge in [0, 0.05) is 12.4 Å². The van der Waals surface area contributed by atoms with Gasteiger partial charge in [-0.1, -0.05) is 41.9 Å². The molecule has 0 saturated carbocycles. The van der Waals surface area contributed by atoms with Crippen LogP contribution in [0.3, 0.4) is 0 Å². The standard InChI is InChI=1S/C16H15ClFN3/c1-21-14-8-3-2-6-11(14)16(20-21)13(19)9-10-5-4-7-12(17)15(10)18/h2-8,13H,9,19H2,1H3. The zero-order valence-electron chi connectivity index (χ0n) is 11.6.